The van der Waals surface area contributed by atoms with E-state index in [1.165, 1.54) is 6.07 Å². The molecule has 0 amide bonds. The van der Waals surface area contributed by atoms with E-state index in [1.807, 2.05) is 19.1 Å². The summed E-state index contributed by atoms with van der Waals surface area (Å²) in [5, 5.41) is 0. The Morgan fingerprint density at radius 1 is 1.38 bits per heavy atom. The maximum Gasteiger partial charge on any atom is 0.126 e. The maximum atomic E-state index is 13.9. The van der Waals surface area contributed by atoms with Crippen LogP contribution in [0.3, 0.4) is 0 Å². The molecule has 1 aromatic carbocycles. The summed E-state index contributed by atoms with van der Waals surface area (Å²) in [4.78, 5) is 0. The Morgan fingerprint density at radius 3 is 2.62 bits per heavy atom. The zero-order chi connectivity index (χ0) is 15.3. The second kappa shape index (κ2) is 7.34. The smallest absolute Gasteiger partial charge is 0.126 e. The lowest BCUT2D eigenvalue weighted by Gasteiger charge is -2.44. The van der Waals surface area contributed by atoms with Gasteiger partial charge in [0.15, 0.2) is 0 Å². The summed E-state index contributed by atoms with van der Waals surface area (Å²) in [6.45, 7) is 4.94. The SMILES string of the molecule is CCOC1(C(Cc2ccccc2F)NN)CCC(C)CC1. The average molecular weight is 294 g/mol. The Labute approximate surface area is 127 Å². The Morgan fingerprint density at radius 2 is 2.05 bits per heavy atom. The van der Waals surface area contributed by atoms with Crippen LogP contribution < -0.4 is 11.3 Å². The molecule has 3 nitrogen and oxygen atoms in total. The average Bonchev–Trinajstić information content (AvgIpc) is 2.49. The quantitative estimate of drug-likeness (QED) is 0.626. The summed E-state index contributed by atoms with van der Waals surface area (Å²) in [6.07, 6.45) is 4.78. The molecule has 0 aliphatic heterocycles. The Kier molecular flexibility index (Phi) is 5.73. The molecule has 118 valence electrons. The summed E-state index contributed by atoms with van der Waals surface area (Å²) < 4.78 is 20.0. The van der Waals surface area contributed by atoms with Crippen molar-refractivity contribution in [3.8, 4) is 0 Å². The number of halogens is 1. The minimum Gasteiger partial charge on any atom is -0.374 e. The highest BCUT2D eigenvalue weighted by Gasteiger charge is 2.41. The van der Waals surface area contributed by atoms with Crippen molar-refractivity contribution in [1.29, 1.82) is 0 Å². The van der Waals surface area contributed by atoms with Gasteiger partial charge in [-0.1, -0.05) is 25.1 Å². The molecular weight excluding hydrogens is 267 g/mol. The zero-order valence-electron chi connectivity index (χ0n) is 13.1. The van der Waals surface area contributed by atoms with Gasteiger partial charge in [0.1, 0.15) is 5.82 Å². The van der Waals surface area contributed by atoms with Gasteiger partial charge in [-0.15, -0.1) is 0 Å². The molecule has 1 aliphatic carbocycles. The monoisotopic (exact) mass is 294 g/mol. The van der Waals surface area contributed by atoms with E-state index in [-0.39, 0.29) is 17.5 Å². The van der Waals surface area contributed by atoms with Crippen LogP contribution in [0, 0.1) is 11.7 Å². The first-order chi connectivity index (χ1) is 10.1. The second-order valence-electron chi connectivity index (χ2n) is 6.20. The Hall–Kier alpha value is -0.970. The molecule has 1 aliphatic rings. The van der Waals surface area contributed by atoms with Crippen LogP contribution >= 0.6 is 0 Å². The minimum absolute atomic E-state index is 0.0677. The van der Waals surface area contributed by atoms with Crippen LogP contribution in [0.2, 0.25) is 0 Å². The zero-order valence-corrected chi connectivity index (χ0v) is 13.1. The van der Waals surface area contributed by atoms with Gasteiger partial charge in [-0.2, -0.15) is 0 Å². The van der Waals surface area contributed by atoms with E-state index in [0.717, 1.165) is 31.6 Å². The van der Waals surface area contributed by atoms with Crippen molar-refractivity contribution in [1.82, 2.24) is 5.43 Å². The van der Waals surface area contributed by atoms with Gasteiger partial charge in [0.25, 0.3) is 0 Å². The van der Waals surface area contributed by atoms with Gasteiger partial charge in [0.05, 0.1) is 11.6 Å². The van der Waals surface area contributed by atoms with Crippen LogP contribution in [0.4, 0.5) is 4.39 Å². The van der Waals surface area contributed by atoms with Crippen molar-refractivity contribution in [2.24, 2.45) is 11.8 Å². The lowest BCUT2D eigenvalue weighted by atomic mass is 9.74. The standard InChI is InChI=1S/C17H27FN2O/c1-3-21-17(10-8-13(2)9-11-17)16(20-19)12-14-6-4-5-7-15(14)18/h4-7,13,16,20H,3,8-12,19H2,1-2H3. The largest absolute Gasteiger partial charge is 0.374 e. The van der Waals surface area contributed by atoms with Crippen LogP contribution in [-0.2, 0) is 11.2 Å². The highest BCUT2D eigenvalue weighted by atomic mass is 19.1. The van der Waals surface area contributed by atoms with Crippen molar-refractivity contribution in [2.45, 2.75) is 57.6 Å². The van der Waals surface area contributed by atoms with Crippen molar-refractivity contribution in [2.75, 3.05) is 6.61 Å². The summed E-state index contributed by atoms with van der Waals surface area (Å²) >= 11 is 0. The van der Waals surface area contributed by atoms with Crippen molar-refractivity contribution < 1.29 is 9.13 Å². The number of ether oxygens (including phenoxy) is 1. The van der Waals surface area contributed by atoms with Gasteiger partial charge in [-0.25, -0.2) is 4.39 Å². The van der Waals surface area contributed by atoms with Crippen molar-refractivity contribution >= 4 is 0 Å². The van der Waals surface area contributed by atoms with Gasteiger partial charge >= 0.3 is 0 Å². The predicted octanol–water partition coefficient (Wildman–Crippen LogP) is 3.19. The number of nitrogens with one attached hydrogen (secondary N) is 1. The molecule has 1 aromatic rings. The molecule has 1 fully saturated rings. The van der Waals surface area contributed by atoms with E-state index in [9.17, 15) is 4.39 Å². The Balaban J connectivity index is 2.18. The molecule has 3 N–H and O–H groups in total. The number of hydrogen-bond donors (Lipinski definition) is 2. The molecule has 2 rings (SSSR count). The fourth-order valence-electron chi connectivity index (χ4n) is 3.41. The van der Waals surface area contributed by atoms with Gasteiger partial charge in [0.2, 0.25) is 0 Å². The van der Waals surface area contributed by atoms with E-state index < -0.39 is 0 Å². The summed E-state index contributed by atoms with van der Waals surface area (Å²) in [7, 11) is 0. The van der Waals surface area contributed by atoms with Crippen molar-refractivity contribution in [3.63, 3.8) is 0 Å². The third-order valence-electron chi connectivity index (χ3n) is 4.77. The molecule has 0 heterocycles. The third kappa shape index (κ3) is 3.82. The summed E-state index contributed by atoms with van der Waals surface area (Å²) in [5.41, 5.74) is 3.31. The number of benzene rings is 1. The second-order valence-corrected chi connectivity index (χ2v) is 6.20. The first-order valence-electron chi connectivity index (χ1n) is 7.95. The number of hydrogen-bond acceptors (Lipinski definition) is 3. The molecule has 0 aromatic heterocycles. The normalized spacial score (nSPS) is 27.5. The summed E-state index contributed by atoms with van der Waals surface area (Å²) in [6, 6.07) is 6.83. The van der Waals surface area contributed by atoms with Crippen LogP contribution in [-0.4, -0.2) is 18.2 Å². The fourth-order valence-corrected chi connectivity index (χ4v) is 3.41. The number of rotatable bonds is 6. The van der Waals surface area contributed by atoms with Crippen LogP contribution in [0.1, 0.15) is 45.1 Å². The fraction of sp³-hybridized carbons (Fsp3) is 0.647. The van der Waals surface area contributed by atoms with E-state index in [0.29, 0.717) is 18.6 Å². The van der Waals surface area contributed by atoms with Gasteiger partial charge < -0.3 is 4.74 Å². The Bertz CT molecular complexity index is 444. The number of hydrazine groups is 1. The molecule has 4 heteroatoms. The lowest BCUT2D eigenvalue weighted by Crippen LogP contribution is -2.57. The van der Waals surface area contributed by atoms with E-state index >= 15 is 0 Å². The molecule has 1 unspecified atom stereocenters. The molecule has 1 atom stereocenters. The van der Waals surface area contributed by atoms with Crippen LogP contribution in [0.5, 0.6) is 0 Å². The van der Waals surface area contributed by atoms with E-state index in [4.69, 9.17) is 10.6 Å². The maximum absolute atomic E-state index is 13.9. The topological polar surface area (TPSA) is 47.3 Å². The van der Waals surface area contributed by atoms with Gasteiger partial charge in [-0.3, -0.25) is 11.3 Å². The third-order valence-corrected chi connectivity index (χ3v) is 4.77. The molecule has 0 bridgehead atoms. The lowest BCUT2D eigenvalue weighted by molar-refractivity contribution is -0.0962. The molecule has 0 spiro atoms. The summed E-state index contributed by atoms with van der Waals surface area (Å²) in [5.74, 6) is 6.35. The van der Waals surface area contributed by atoms with E-state index in [1.54, 1.807) is 6.07 Å². The first-order valence-corrected chi connectivity index (χ1v) is 7.95. The van der Waals surface area contributed by atoms with Crippen LogP contribution in [0.25, 0.3) is 0 Å². The molecule has 1 saturated carbocycles. The molecular formula is C17H27FN2O. The molecule has 21 heavy (non-hydrogen) atoms. The minimum atomic E-state index is -0.279. The van der Waals surface area contributed by atoms with Gasteiger partial charge in [0, 0.05) is 6.61 Å². The predicted molar refractivity (Wildman–Crippen MR) is 83.2 cm³/mol. The highest BCUT2D eigenvalue weighted by molar-refractivity contribution is 5.19. The van der Waals surface area contributed by atoms with Gasteiger partial charge in [-0.05, 0) is 56.6 Å². The molecule has 0 saturated heterocycles. The molecule has 0 radical (unpaired) electrons. The van der Waals surface area contributed by atoms with Crippen molar-refractivity contribution in [3.05, 3.63) is 35.6 Å². The van der Waals surface area contributed by atoms with E-state index in [2.05, 4.69) is 12.3 Å². The van der Waals surface area contributed by atoms with Crippen LogP contribution in [0.15, 0.2) is 24.3 Å². The number of nitrogens with two attached hydrogens (primary N) is 1. The first kappa shape index (κ1) is 16.4. The highest BCUT2D eigenvalue weighted by Crippen LogP contribution is 2.38.